The van der Waals surface area contributed by atoms with Crippen molar-refractivity contribution in [1.29, 1.82) is 0 Å². The molecule has 134 valence electrons. The summed E-state index contributed by atoms with van der Waals surface area (Å²) < 4.78 is 14.8. The van der Waals surface area contributed by atoms with Crippen molar-refractivity contribution in [3.63, 3.8) is 0 Å². The molecule has 0 fully saturated rings. The van der Waals surface area contributed by atoms with Crippen LogP contribution in [0.4, 0.5) is 4.39 Å². The number of pyridine rings is 1. The lowest BCUT2D eigenvalue weighted by Crippen LogP contribution is -2.28. The summed E-state index contributed by atoms with van der Waals surface area (Å²) >= 11 is 6.28. The number of halogens is 2. The van der Waals surface area contributed by atoms with Gasteiger partial charge in [-0.05, 0) is 66.0 Å². The predicted octanol–water partition coefficient (Wildman–Crippen LogP) is 6.85. The molecule has 0 unspecified atom stereocenters. The predicted molar refractivity (Wildman–Crippen MR) is 107 cm³/mol. The van der Waals surface area contributed by atoms with E-state index in [0.717, 1.165) is 41.4 Å². The van der Waals surface area contributed by atoms with Crippen molar-refractivity contribution >= 4 is 22.5 Å². The molecule has 0 N–H and O–H groups in total. The fourth-order valence-electron chi connectivity index (χ4n) is 4.12. The third-order valence-electron chi connectivity index (χ3n) is 5.68. The van der Waals surface area contributed by atoms with Crippen LogP contribution in [0.15, 0.2) is 42.5 Å². The second-order valence-electron chi connectivity index (χ2n) is 8.36. The highest BCUT2D eigenvalue weighted by molar-refractivity contribution is 6.31. The van der Waals surface area contributed by atoms with Crippen LogP contribution in [0.1, 0.15) is 38.4 Å². The van der Waals surface area contributed by atoms with Crippen LogP contribution in [0.25, 0.3) is 22.0 Å². The second kappa shape index (κ2) is 6.35. The SMILES string of the molecule is CC(C)(C)[C@@H]1CCc2nc3ccc(Cl)cc3c(-c3ccccc3F)c2C1. The van der Waals surface area contributed by atoms with E-state index in [-0.39, 0.29) is 11.2 Å². The van der Waals surface area contributed by atoms with Crippen LogP contribution in [0.5, 0.6) is 0 Å². The number of benzene rings is 2. The highest BCUT2D eigenvalue weighted by atomic mass is 35.5. The number of rotatable bonds is 1. The Bertz CT molecular complexity index is 987. The van der Waals surface area contributed by atoms with E-state index in [2.05, 4.69) is 20.8 Å². The van der Waals surface area contributed by atoms with Gasteiger partial charge in [0.1, 0.15) is 5.82 Å². The molecule has 3 heteroatoms. The maximum atomic E-state index is 14.8. The van der Waals surface area contributed by atoms with Gasteiger partial charge in [0, 0.05) is 21.7 Å². The summed E-state index contributed by atoms with van der Waals surface area (Å²) in [6, 6.07) is 12.7. The topological polar surface area (TPSA) is 12.9 Å². The molecule has 0 aliphatic heterocycles. The second-order valence-corrected chi connectivity index (χ2v) is 8.80. The van der Waals surface area contributed by atoms with Crippen LogP contribution < -0.4 is 0 Å². The third-order valence-corrected chi connectivity index (χ3v) is 5.92. The first kappa shape index (κ1) is 17.5. The Morgan fingerprint density at radius 1 is 1.12 bits per heavy atom. The number of fused-ring (bicyclic) bond motifs is 2. The zero-order valence-electron chi connectivity index (χ0n) is 15.4. The minimum atomic E-state index is -0.194. The molecular formula is C23H23ClFN. The molecule has 1 aromatic heterocycles. The summed E-state index contributed by atoms with van der Waals surface area (Å²) in [5, 5.41) is 1.59. The minimum Gasteiger partial charge on any atom is -0.253 e. The highest BCUT2D eigenvalue weighted by Gasteiger charge is 2.32. The van der Waals surface area contributed by atoms with Gasteiger partial charge in [-0.3, -0.25) is 4.98 Å². The van der Waals surface area contributed by atoms with Crippen LogP contribution in [-0.2, 0) is 12.8 Å². The van der Waals surface area contributed by atoms with Gasteiger partial charge < -0.3 is 0 Å². The first-order valence-electron chi connectivity index (χ1n) is 9.20. The summed E-state index contributed by atoms with van der Waals surface area (Å²) in [6.07, 6.45) is 2.99. The molecule has 1 atom stereocenters. The first-order chi connectivity index (χ1) is 12.3. The molecule has 26 heavy (non-hydrogen) atoms. The van der Waals surface area contributed by atoms with E-state index in [1.807, 2.05) is 30.3 Å². The Kier molecular flexibility index (Phi) is 4.27. The summed E-state index contributed by atoms with van der Waals surface area (Å²) in [5.74, 6) is 0.360. The van der Waals surface area contributed by atoms with Gasteiger partial charge in [-0.2, -0.15) is 0 Å². The lowest BCUT2D eigenvalue weighted by atomic mass is 9.70. The molecule has 0 amide bonds. The Balaban J connectivity index is 2.03. The molecule has 0 saturated heterocycles. The molecule has 1 aliphatic carbocycles. The molecule has 2 aromatic carbocycles. The standard InChI is InChI=1S/C23H23ClFN/c1-23(2,3)14-8-10-20-17(12-14)22(16-6-4-5-7-19(16)25)18-13-15(24)9-11-21(18)26-20/h4-7,9,11,13-14H,8,10,12H2,1-3H3/t14-/m1/s1. The van der Waals surface area contributed by atoms with Gasteiger partial charge in [-0.25, -0.2) is 4.39 Å². The van der Waals surface area contributed by atoms with E-state index < -0.39 is 0 Å². The first-order valence-corrected chi connectivity index (χ1v) is 9.58. The van der Waals surface area contributed by atoms with Crippen molar-refractivity contribution in [3.8, 4) is 11.1 Å². The van der Waals surface area contributed by atoms with Gasteiger partial charge in [0.15, 0.2) is 0 Å². The van der Waals surface area contributed by atoms with E-state index in [9.17, 15) is 4.39 Å². The van der Waals surface area contributed by atoms with Crippen molar-refractivity contribution in [1.82, 2.24) is 4.98 Å². The Hall–Kier alpha value is -1.93. The average molecular weight is 368 g/mol. The zero-order valence-corrected chi connectivity index (χ0v) is 16.2. The van der Waals surface area contributed by atoms with Crippen molar-refractivity contribution in [3.05, 3.63) is 64.6 Å². The molecule has 0 spiro atoms. The van der Waals surface area contributed by atoms with Crippen LogP contribution in [0.2, 0.25) is 5.02 Å². The maximum absolute atomic E-state index is 14.8. The zero-order chi connectivity index (χ0) is 18.5. The molecule has 1 nitrogen and oxygen atoms in total. The third kappa shape index (κ3) is 3.01. The molecule has 1 heterocycles. The summed E-state index contributed by atoms with van der Waals surface area (Å²) in [5.41, 5.74) is 5.02. The highest BCUT2D eigenvalue weighted by Crippen LogP contribution is 2.43. The van der Waals surface area contributed by atoms with Crippen LogP contribution in [0.3, 0.4) is 0 Å². The number of aromatic nitrogens is 1. The van der Waals surface area contributed by atoms with Gasteiger partial charge in [-0.15, -0.1) is 0 Å². The number of hydrogen-bond donors (Lipinski definition) is 0. The van der Waals surface area contributed by atoms with Crippen molar-refractivity contribution in [2.24, 2.45) is 11.3 Å². The van der Waals surface area contributed by atoms with E-state index in [4.69, 9.17) is 16.6 Å². The molecule has 1 aliphatic rings. The fraction of sp³-hybridized carbons (Fsp3) is 0.348. The van der Waals surface area contributed by atoms with Gasteiger partial charge in [-0.1, -0.05) is 50.6 Å². The van der Waals surface area contributed by atoms with E-state index >= 15 is 0 Å². The molecule has 3 aromatic rings. The smallest absolute Gasteiger partial charge is 0.131 e. The normalized spacial score (nSPS) is 17.3. The van der Waals surface area contributed by atoms with E-state index in [0.29, 0.717) is 16.5 Å². The van der Waals surface area contributed by atoms with Crippen LogP contribution in [-0.4, -0.2) is 4.98 Å². The number of hydrogen-bond acceptors (Lipinski definition) is 1. The quantitative estimate of drug-likeness (QED) is 0.458. The van der Waals surface area contributed by atoms with Crippen LogP contribution >= 0.6 is 11.6 Å². The van der Waals surface area contributed by atoms with Crippen molar-refractivity contribution < 1.29 is 4.39 Å². The summed E-state index contributed by atoms with van der Waals surface area (Å²) in [6.45, 7) is 6.87. The Labute approximate surface area is 159 Å². The van der Waals surface area contributed by atoms with Gasteiger partial charge in [0.2, 0.25) is 0 Å². The minimum absolute atomic E-state index is 0.194. The number of aryl methyl sites for hydroxylation is 1. The van der Waals surface area contributed by atoms with Gasteiger partial charge >= 0.3 is 0 Å². The fourth-order valence-corrected chi connectivity index (χ4v) is 4.29. The van der Waals surface area contributed by atoms with Gasteiger partial charge in [0.05, 0.1) is 5.52 Å². The van der Waals surface area contributed by atoms with E-state index in [1.165, 1.54) is 11.6 Å². The molecule has 0 radical (unpaired) electrons. The molecule has 0 bridgehead atoms. The summed E-state index contributed by atoms with van der Waals surface area (Å²) in [4.78, 5) is 4.91. The molecular weight excluding hydrogens is 345 g/mol. The van der Waals surface area contributed by atoms with Crippen molar-refractivity contribution in [2.75, 3.05) is 0 Å². The summed E-state index contributed by atoms with van der Waals surface area (Å²) in [7, 11) is 0. The van der Waals surface area contributed by atoms with Gasteiger partial charge in [0.25, 0.3) is 0 Å². The molecule has 0 saturated carbocycles. The monoisotopic (exact) mass is 367 g/mol. The lowest BCUT2D eigenvalue weighted by Gasteiger charge is -2.35. The van der Waals surface area contributed by atoms with E-state index in [1.54, 1.807) is 6.07 Å². The maximum Gasteiger partial charge on any atom is 0.131 e. The average Bonchev–Trinajstić information content (AvgIpc) is 2.59. The largest absolute Gasteiger partial charge is 0.253 e. The lowest BCUT2D eigenvalue weighted by molar-refractivity contribution is 0.215. The number of nitrogens with zero attached hydrogens (tertiary/aromatic N) is 1. The van der Waals surface area contributed by atoms with Crippen molar-refractivity contribution in [2.45, 2.75) is 40.0 Å². The van der Waals surface area contributed by atoms with Crippen LogP contribution in [0, 0.1) is 17.2 Å². The molecule has 4 rings (SSSR count). The Morgan fingerprint density at radius 3 is 2.62 bits per heavy atom. The Morgan fingerprint density at radius 2 is 1.88 bits per heavy atom.